The van der Waals surface area contributed by atoms with Crippen LogP contribution in [0.3, 0.4) is 0 Å². The summed E-state index contributed by atoms with van der Waals surface area (Å²) in [6.45, 7) is 5.86. The first-order valence-electron chi connectivity index (χ1n) is 6.07. The highest BCUT2D eigenvalue weighted by molar-refractivity contribution is 5.91. The van der Waals surface area contributed by atoms with Gasteiger partial charge in [0, 0.05) is 0 Å². The van der Waals surface area contributed by atoms with Crippen LogP contribution in [-0.4, -0.2) is 35.1 Å². The average molecular weight is 254 g/mol. The van der Waals surface area contributed by atoms with Gasteiger partial charge in [-0.2, -0.15) is 9.78 Å². The number of aromatic nitrogens is 2. The van der Waals surface area contributed by atoms with E-state index in [4.69, 9.17) is 9.47 Å². The molecule has 0 amide bonds. The number of aryl methyl sites for hydroxylation is 1. The van der Waals surface area contributed by atoms with Crippen molar-refractivity contribution in [2.75, 3.05) is 13.2 Å². The highest BCUT2D eigenvalue weighted by atomic mass is 16.6. The van der Waals surface area contributed by atoms with Crippen molar-refractivity contribution < 1.29 is 19.1 Å². The molecule has 18 heavy (non-hydrogen) atoms. The Labute approximate surface area is 106 Å². The van der Waals surface area contributed by atoms with E-state index in [9.17, 15) is 9.59 Å². The van der Waals surface area contributed by atoms with Crippen molar-refractivity contribution in [1.82, 2.24) is 9.78 Å². The van der Waals surface area contributed by atoms with Crippen molar-refractivity contribution in [2.24, 2.45) is 0 Å². The maximum Gasteiger partial charge on any atom is 0.435 e. The normalized spacial score (nSPS) is 10.2. The standard InChI is InChI=1S/C12H18N2O4/c1-4-7-9-8-10(11(15)17-5-2)14(13-9)12(16)18-6-3/h8H,4-7H2,1-3H3. The van der Waals surface area contributed by atoms with Gasteiger partial charge in [0.25, 0.3) is 0 Å². The molecule has 1 aromatic rings. The molecule has 0 spiro atoms. The van der Waals surface area contributed by atoms with E-state index >= 15 is 0 Å². The number of ether oxygens (including phenoxy) is 2. The van der Waals surface area contributed by atoms with Crippen LogP contribution < -0.4 is 0 Å². The summed E-state index contributed by atoms with van der Waals surface area (Å²) in [4.78, 5) is 23.4. The molecule has 0 aliphatic heterocycles. The van der Waals surface area contributed by atoms with Crippen molar-refractivity contribution in [1.29, 1.82) is 0 Å². The van der Waals surface area contributed by atoms with Crippen LogP contribution in [0, 0.1) is 0 Å². The van der Waals surface area contributed by atoms with E-state index < -0.39 is 12.1 Å². The van der Waals surface area contributed by atoms with Crippen molar-refractivity contribution in [3.63, 3.8) is 0 Å². The first-order chi connectivity index (χ1) is 8.63. The van der Waals surface area contributed by atoms with Crippen molar-refractivity contribution in [3.8, 4) is 0 Å². The van der Waals surface area contributed by atoms with Crippen LogP contribution in [0.1, 0.15) is 43.4 Å². The van der Waals surface area contributed by atoms with E-state index in [2.05, 4.69) is 5.10 Å². The number of hydrogen-bond donors (Lipinski definition) is 0. The van der Waals surface area contributed by atoms with Crippen LogP contribution in [0.2, 0.25) is 0 Å². The van der Waals surface area contributed by atoms with Crippen LogP contribution in [0.5, 0.6) is 0 Å². The van der Waals surface area contributed by atoms with Crippen LogP contribution in [0.15, 0.2) is 6.07 Å². The molecule has 6 nitrogen and oxygen atoms in total. The lowest BCUT2D eigenvalue weighted by Crippen LogP contribution is -2.21. The van der Waals surface area contributed by atoms with Gasteiger partial charge in [0.2, 0.25) is 0 Å². The number of esters is 1. The molecule has 1 aromatic heterocycles. The number of carbonyl (C=O) groups is 2. The Morgan fingerprint density at radius 1 is 1.22 bits per heavy atom. The quantitative estimate of drug-likeness (QED) is 0.752. The molecule has 0 saturated carbocycles. The van der Waals surface area contributed by atoms with Gasteiger partial charge in [-0.1, -0.05) is 13.3 Å². The van der Waals surface area contributed by atoms with Gasteiger partial charge in [-0.3, -0.25) is 0 Å². The number of nitrogens with zero attached hydrogens (tertiary/aromatic N) is 2. The van der Waals surface area contributed by atoms with Crippen LogP contribution in [-0.2, 0) is 15.9 Å². The molecule has 0 atom stereocenters. The van der Waals surface area contributed by atoms with Gasteiger partial charge >= 0.3 is 12.1 Å². The molecular weight excluding hydrogens is 236 g/mol. The minimum atomic E-state index is -0.664. The van der Waals surface area contributed by atoms with Crippen molar-refractivity contribution >= 4 is 12.1 Å². The fourth-order valence-corrected chi connectivity index (χ4v) is 1.48. The molecule has 0 aliphatic rings. The summed E-state index contributed by atoms with van der Waals surface area (Å²) in [6, 6.07) is 1.57. The zero-order valence-electron chi connectivity index (χ0n) is 10.9. The van der Waals surface area contributed by atoms with E-state index in [0.29, 0.717) is 12.1 Å². The van der Waals surface area contributed by atoms with Gasteiger partial charge in [0.05, 0.1) is 18.9 Å². The zero-order chi connectivity index (χ0) is 13.5. The molecule has 0 saturated heterocycles. The first-order valence-corrected chi connectivity index (χ1v) is 6.07. The Kier molecular flexibility index (Phi) is 5.35. The highest BCUT2D eigenvalue weighted by Crippen LogP contribution is 2.09. The van der Waals surface area contributed by atoms with Gasteiger partial charge in [-0.25, -0.2) is 9.59 Å². The SMILES string of the molecule is CCCc1cc(C(=O)OCC)n(C(=O)OCC)n1. The van der Waals surface area contributed by atoms with Crippen LogP contribution in [0.4, 0.5) is 4.79 Å². The van der Waals surface area contributed by atoms with Crippen LogP contribution in [0.25, 0.3) is 0 Å². The van der Waals surface area contributed by atoms with E-state index in [1.54, 1.807) is 19.9 Å². The van der Waals surface area contributed by atoms with E-state index in [1.807, 2.05) is 6.92 Å². The summed E-state index contributed by atoms with van der Waals surface area (Å²) in [5.74, 6) is -0.569. The maximum atomic E-state index is 11.7. The molecule has 0 bridgehead atoms. The third-order valence-electron chi connectivity index (χ3n) is 2.19. The molecular formula is C12H18N2O4. The summed E-state index contributed by atoms with van der Waals surface area (Å²) >= 11 is 0. The second kappa shape index (κ2) is 6.78. The molecule has 0 aliphatic carbocycles. The summed E-state index contributed by atoms with van der Waals surface area (Å²) in [6.07, 6.45) is 0.906. The minimum Gasteiger partial charge on any atom is -0.461 e. The summed E-state index contributed by atoms with van der Waals surface area (Å²) in [5.41, 5.74) is 0.785. The largest absolute Gasteiger partial charge is 0.461 e. The molecule has 0 radical (unpaired) electrons. The Hall–Kier alpha value is -1.85. The molecule has 6 heteroatoms. The van der Waals surface area contributed by atoms with Crippen molar-refractivity contribution in [2.45, 2.75) is 33.6 Å². The van der Waals surface area contributed by atoms with E-state index in [1.165, 1.54) is 0 Å². The number of rotatable bonds is 5. The molecule has 1 heterocycles. The fourth-order valence-electron chi connectivity index (χ4n) is 1.48. The maximum absolute atomic E-state index is 11.7. The van der Waals surface area contributed by atoms with Gasteiger partial charge in [0.1, 0.15) is 0 Å². The molecule has 0 aromatic carbocycles. The zero-order valence-corrected chi connectivity index (χ0v) is 10.9. The Morgan fingerprint density at radius 2 is 1.89 bits per heavy atom. The number of hydrogen-bond acceptors (Lipinski definition) is 5. The number of carbonyl (C=O) groups excluding carboxylic acids is 2. The lowest BCUT2D eigenvalue weighted by Gasteiger charge is -2.05. The smallest absolute Gasteiger partial charge is 0.435 e. The van der Waals surface area contributed by atoms with Gasteiger partial charge < -0.3 is 9.47 Å². The second-order valence-corrected chi connectivity index (χ2v) is 3.60. The second-order valence-electron chi connectivity index (χ2n) is 3.60. The van der Waals surface area contributed by atoms with Crippen LogP contribution >= 0.6 is 0 Å². The predicted octanol–water partition coefficient (Wildman–Crippen LogP) is 2.02. The minimum absolute atomic E-state index is 0.110. The molecule has 0 N–H and O–H groups in total. The molecule has 0 fully saturated rings. The summed E-state index contributed by atoms with van der Waals surface area (Å²) < 4.78 is 10.7. The van der Waals surface area contributed by atoms with Gasteiger partial charge in [-0.15, -0.1) is 0 Å². The molecule has 0 unspecified atom stereocenters. The highest BCUT2D eigenvalue weighted by Gasteiger charge is 2.21. The van der Waals surface area contributed by atoms with E-state index in [-0.39, 0.29) is 18.9 Å². The Morgan fingerprint density at radius 3 is 2.44 bits per heavy atom. The molecule has 1 rings (SSSR count). The first kappa shape index (κ1) is 14.2. The third kappa shape index (κ3) is 3.32. The van der Waals surface area contributed by atoms with Gasteiger partial charge in [-0.05, 0) is 26.3 Å². The van der Waals surface area contributed by atoms with Crippen molar-refractivity contribution in [3.05, 3.63) is 17.5 Å². The lowest BCUT2D eigenvalue weighted by molar-refractivity contribution is 0.0509. The Balaban J connectivity index is 3.04. The topological polar surface area (TPSA) is 70.4 Å². The average Bonchev–Trinajstić information content (AvgIpc) is 2.74. The fraction of sp³-hybridized carbons (Fsp3) is 0.583. The van der Waals surface area contributed by atoms with Gasteiger partial charge in [0.15, 0.2) is 5.69 Å². The summed E-state index contributed by atoms with van der Waals surface area (Å²) in [7, 11) is 0. The monoisotopic (exact) mass is 254 g/mol. The molecule has 100 valence electrons. The predicted molar refractivity (Wildman–Crippen MR) is 64.6 cm³/mol. The van der Waals surface area contributed by atoms with E-state index in [0.717, 1.165) is 11.1 Å². The lowest BCUT2D eigenvalue weighted by atomic mass is 10.2. The third-order valence-corrected chi connectivity index (χ3v) is 2.19. The Bertz CT molecular complexity index is 390. The summed E-state index contributed by atoms with van der Waals surface area (Å²) in [5, 5.41) is 4.06.